The summed E-state index contributed by atoms with van der Waals surface area (Å²) in [6.45, 7) is 3.86. The fourth-order valence-electron chi connectivity index (χ4n) is 3.61. The van der Waals surface area contributed by atoms with Crippen LogP contribution in [0.2, 0.25) is 0 Å². The Morgan fingerprint density at radius 2 is 1.72 bits per heavy atom. The Morgan fingerprint density at radius 1 is 1.04 bits per heavy atom. The van der Waals surface area contributed by atoms with Crippen molar-refractivity contribution in [2.24, 2.45) is 5.92 Å². The van der Waals surface area contributed by atoms with Gasteiger partial charge in [0.05, 0.1) is 5.56 Å². The Morgan fingerprint density at radius 3 is 2.40 bits per heavy atom. The first-order valence-corrected chi connectivity index (χ1v) is 8.46. The number of alkyl halides is 3. The Hall–Kier alpha value is -2.01. The number of fused-ring (bicyclic) bond motifs is 2. The van der Waals surface area contributed by atoms with Gasteiger partial charge in [-0.15, -0.1) is 0 Å². The number of anilines is 2. The second kappa shape index (κ2) is 6.71. The highest BCUT2D eigenvalue weighted by Gasteiger charge is 2.32. The molecule has 0 aliphatic carbocycles. The van der Waals surface area contributed by atoms with E-state index in [4.69, 9.17) is 0 Å². The van der Waals surface area contributed by atoms with E-state index in [9.17, 15) is 13.2 Å². The van der Waals surface area contributed by atoms with Gasteiger partial charge in [-0.3, -0.25) is 0 Å². The normalized spacial score (nSPS) is 15.1. The number of para-hydroxylation sites is 1. The maximum absolute atomic E-state index is 13.1. The lowest BCUT2D eigenvalue weighted by atomic mass is 9.93. The molecule has 5 heteroatoms. The lowest BCUT2D eigenvalue weighted by Crippen LogP contribution is -2.32. The third-order valence-corrected chi connectivity index (χ3v) is 4.53. The van der Waals surface area contributed by atoms with Crippen LogP contribution >= 0.6 is 0 Å². The van der Waals surface area contributed by atoms with Crippen molar-refractivity contribution in [2.75, 3.05) is 32.1 Å². The highest BCUT2D eigenvalue weighted by Crippen LogP contribution is 2.41. The maximum Gasteiger partial charge on any atom is 0.416 e. The lowest BCUT2D eigenvalue weighted by Gasteiger charge is -2.36. The minimum absolute atomic E-state index is 0.385. The van der Waals surface area contributed by atoms with Crippen molar-refractivity contribution in [1.82, 2.24) is 4.90 Å². The van der Waals surface area contributed by atoms with Crippen molar-refractivity contribution in [1.29, 1.82) is 0 Å². The van der Waals surface area contributed by atoms with E-state index in [-0.39, 0.29) is 0 Å². The smallest absolute Gasteiger partial charge is 0.341 e. The summed E-state index contributed by atoms with van der Waals surface area (Å²) in [4.78, 5) is 4.30. The summed E-state index contributed by atoms with van der Waals surface area (Å²) in [5.74, 6) is 0.385. The van der Waals surface area contributed by atoms with Crippen LogP contribution in [0.15, 0.2) is 42.5 Å². The summed E-state index contributed by atoms with van der Waals surface area (Å²) < 4.78 is 39.3. The van der Waals surface area contributed by atoms with E-state index < -0.39 is 11.7 Å². The SMILES string of the molecule is CC(CN(C)C)CN1c2ccccc2Cc2cc(C(F)(F)F)ccc21. The quantitative estimate of drug-likeness (QED) is 0.772. The zero-order valence-electron chi connectivity index (χ0n) is 14.8. The number of rotatable bonds is 4. The molecule has 2 nitrogen and oxygen atoms in total. The van der Waals surface area contributed by atoms with Gasteiger partial charge in [0, 0.05) is 30.9 Å². The van der Waals surface area contributed by atoms with Crippen molar-refractivity contribution in [3.8, 4) is 0 Å². The van der Waals surface area contributed by atoms with E-state index in [0.29, 0.717) is 12.3 Å². The van der Waals surface area contributed by atoms with Crippen LogP contribution in [0.4, 0.5) is 24.5 Å². The first-order valence-electron chi connectivity index (χ1n) is 8.46. The second-order valence-corrected chi connectivity index (χ2v) is 7.12. The summed E-state index contributed by atoms with van der Waals surface area (Å²) in [6.07, 6.45) is -3.77. The molecule has 0 fully saturated rings. The molecule has 1 unspecified atom stereocenters. The molecule has 1 heterocycles. The monoisotopic (exact) mass is 348 g/mol. The molecule has 3 rings (SSSR count). The Kier molecular flexibility index (Phi) is 4.78. The molecule has 0 radical (unpaired) electrons. The van der Waals surface area contributed by atoms with Gasteiger partial charge in [-0.25, -0.2) is 0 Å². The van der Waals surface area contributed by atoms with Crippen LogP contribution in [0, 0.1) is 5.92 Å². The Bertz CT molecular complexity index is 753. The van der Waals surface area contributed by atoms with Gasteiger partial charge in [-0.05, 0) is 55.4 Å². The van der Waals surface area contributed by atoms with Crippen molar-refractivity contribution in [2.45, 2.75) is 19.5 Å². The van der Waals surface area contributed by atoms with Crippen molar-refractivity contribution in [3.05, 3.63) is 59.2 Å². The van der Waals surface area contributed by atoms with Crippen LogP contribution in [0.1, 0.15) is 23.6 Å². The lowest BCUT2D eigenvalue weighted by molar-refractivity contribution is -0.137. The molecule has 0 saturated heterocycles. The topological polar surface area (TPSA) is 6.48 Å². The summed E-state index contributed by atoms with van der Waals surface area (Å²) >= 11 is 0. The third-order valence-electron chi connectivity index (χ3n) is 4.53. The zero-order valence-corrected chi connectivity index (χ0v) is 14.8. The summed E-state index contributed by atoms with van der Waals surface area (Å²) in [5.41, 5.74) is 3.22. The summed E-state index contributed by atoms with van der Waals surface area (Å²) in [6, 6.07) is 12.1. The molecule has 2 aromatic rings. The van der Waals surface area contributed by atoms with Crippen LogP contribution in [0.25, 0.3) is 0 Å². The molecule has 25 heavy (non-hydrogen) atoms. The molecule has 134 valence electrons. The van der Waals surface area contributed by atoms with Crippen LogP contribution in [-0.2, 0) is 12.6 Å². The molecule has 0 bridgehead atoms. The van der Waals surface area contributed by atoms with Gasteiger partial charge in [0.15, 0.2) is 0 Å². The predicted octanol–water partition coefficient (Wildman–Crippen LogP) is 4.95. The van der Waals surface area contributed by atoms with E-state index in [1.54, 1.807) is 6.07 Å². The molecular formula is C20H23F3N2. The maximum atomic E-state index is 13.1. The van der Waals surface area contributed by atoms with E-state index in [2.05, 4.69) is 22.8 Å². The third kappa shape index (κ3) is 3.82. The Balaban J connectivity index is 2.00. The highest BCUT2D eigenvalue weighted by atomic mass is 19.4. The molecule has 0 N–H and O–H groups in total. The van der Waals surface area contributed by atoms with Crippen LogP contribution in [0.5, 0.6) is 0 Å². The minimum atomic E-state index is -4.31. The number of benzene rings is 2. The van der Waals surface area contributed by atoms with Crippen molar-refractivity contribution in [3.63, 3.8) is 0 Å². The minimum Gasteiger partial charge on any atom is -0.341 e. The standard InChI is InChI=1S/C20H23F3N2/c1-14(12-24(2)3)13-25-18-7-5-4-6-15(18)10-16-11-17(20(21,22)23)8-9-19(16)25/h4-9,11,14H,10,12-13H2,1-3H3. The van der Waals surface area contributed by atoms with E-state index in [1.807, 2.05) is 32.3 Å². The summed E-state index contributed by atoms with van der Waals surface area (Å²) in [5, 5.41) is 0. The van der Waals surface area contributed by atoms with E-state index >= 15 is 0 Å². The highest BCUT2D eigenvalue weighted by molar-refractivity contribution is 5.74. The van der Waals surface area contributed by atoms with Crippen LogP contribution < -0.4 is 4.90 Å². The average Bonchev–Trinajstić information content (AvgIpc) is 2.52. The van der Waals surface area contributed by atoms with E-state index in [1.165, 1.54) is 12.1 Å². The van der Waals surface area contributed by atoms with Gasteiger partial charge in [0.1, 0.15) is 0 Å². The first-order chi connectivity index (χ1) is 11.8. The van der Waals surface area contributed by atoms with Gasteiger partial charge in [-0.2, -0.15) is 13.2 Å². The Labute approximate surface area is 146 Å². The van der Waals surface area contributed by atoms with Gasteiger partial charge < -0.3 is 9.80 Å². The molecule has 0 amide bonds. The molecule has 0 aromatic heterocycles. The van der Waals surface area contributed by atoms with Gasteiger partial charge in [0.2, 0.25) is 0 Å². The second-order valence-electron chi connectivity index (χ2n) is 7.12. The van der Waals surface area contributed by atoms with Gasteiger partial charge in [-0.1, -0.05) is 25.1 Å². The molecular weight excluding hydrogens is 325 g/mol. The fourth-order valence-corrected chi connectivity index (χ4v) is 3.61. The molecule has 0 spiro atoms. The zero-order chi connectivity index (χ0) is 18.2. The molecule has 0 saturated carbocycles. The summed E-state index contributed by atoms with van der Waals surface area (Å²) in [7, 11) is 4.06. The van der Waals surface area contributed by atoms with Gasteiger partial charge in [0.25, 0.3) is 0 Å². The number of halogens is 3. The van der Waals surface area contributed by atoms with E-state index in [0.717, 1.165) is 35.6 Å². The number of nitrogens with zero attached hydrogens (tertiary/aromatic N) is 2. The molecule has 2 aromatic carbocycles. The molecule has 1 atom stereocenters. The average molecular weight is 348 g/mol. The van der Waals surface area contributed by atoms with Crippen LogP contribution in [-0.4, -0.2) is 32.1 Å². The van der Waals surface area contributed by atoms with Gasteiger partial charge >= 0.3 is 6.18 Å². The van der Waals surface area contributed by atoms with Crippen molar-refractivity contribution < 1.29 is 13.2 Å². The molecule has 1 aliphatic rings. The largest absolute Gasteiger partial charge is 0.416 e. The molecule has 1 aliphatic heterocycles. The van der Waals surface area contributed by atoms with Crippen molar-refractivity contribution >= 4 is 11.4 Å². The number of hydrogen-bond donors (Lipinski definition) is 0. The number of hydrogen-bond acceptors (Lipinski definition) is 2. The first kappa shape index (κ1) is 17.8. The predicted molar refractivity (Wildman–Crippen MR) is 95.4 cm³/mol. The van der Waals surface area contributed by atoms with Crippen LogP contribution in [0.3, 0.4) is 0 Å². The fraction of sp³-hybridized carbons (Fsp3) is 0.400.